The van der Waals surface area contributed by atoms with Gasteiger partial charge >= 0.3 is 0 Å². The number of hydrogen-bond acceptors (Lipinski definition) is 8. The quantitative estimate of drug-likeness (QED) is 0.0656. The molecule has 3 unspecified atom stereocenters. The molecule has 9 atom stereocenters. The molecular weight excluding hydrogens is 747 g/mol. The van der Waals surface area contributed by atoms with Gasteiger partial charge in [-0.15, -0.1) is 0 Å². The van der Waals surface area contributed by atoms with Gasteiger partial charge in [-0.2, -0.15) is 0 Å². The molecule has 10 N–H and O–H groups in total. The van der Waals surface area contributed by atoms with E-state index in [0.29, 0.717) is 44.7 Å². The van der Waals surface area contributed by atoms with Gasteiger partial charge in [-0.1, -0.05) is 63.6 Å². The average Bonchev–Trinajstić information content (AvgIpc) is 4.00. The monoisotopic (exact) mass is 809 g/mol. The van der Waals surface area contributed by atoms with Crippen LogP contribution in [-0.4, -0.2) is 101 Å². The topological polar surface area (TPSA) is 220 Å². The standard InChI is InChI=1S/C45H63N9O5/c1-4-28(3)41(53-42(56)35(47)21-30-24-49-36-13-7-5-11-33(30)36)44(58)51-38(16-15-29(23-46)39-20-27(2)17-18-48-39)43(57)52-40(45(59)54-19-9-10-32(54)26-55)22-31-25-50-37-14-8-6-12-34(31)37/h5-8,11-14,24-29,32,35,38-41,48-50H,4,9-10,15-23,46-47H2,1-3H3,(H,51,58)(H,52,57)(H,53,56)/t27?,28-,29?,32-,35+,38-,39?,40+,41-/m0/s1. The van der Waals surface area contributed by atoms with Gasteiger partial charge in [0.25, 0.3) is 0 Å². The first-order valence-corrected chi connectivity index (χ1v) is 21.5. The summed E-state index contributed by atoms with van der Waals surface area (Å²) in [6.07, 6.45) is 9.55. The van der Waals surface area contributed by atoms with Crippen LogP contribution in [0, 0.1) is 17.8 Å². The fourth-order valence-corrected chi connectivity index (χ4v) is 8.90. The Morgan fingerprint density at radius 2 is 1.51 bits per heavy atom. The van der Waals surface area contributed by atoms with Crippen molar-refractivity contribution in [1.29, 1.82) is 0 Å². The Bertz CT molecular complexity index is 2060. The number of aldehydes is 1. The first-order valence-electron chi connectivity index (χ1n) is 21.5. The van der Waals surface area contributed by atoms with Crippen molar-refractivity contribution in [2.45, 2.75) is 115 Å². The first-order chi connectivity index (χ1) is 28.5. The van der Waals surface area contributed by atoms with E-state index in [-0.39, 0.29) is 43.0 Å². The average molecular weight is 810 g/mol. The Morgan fingerprint density at radius 1 is 0.864 bits per heavy atom. The number of hydrogen-bond donors (Lipinski definition) is 8. The zero-order valence-corrected chi connectivity index (χ0v) is 34.7. The van der Waals surface area contributed by atoms with Crippen LogP contribution < -0.4 is 32.7 Å². The Hall–Kier alpha value is -5.05. The van der Waals surface area contributed by atoms with Gasteiger partial charge in [0.2, 0.25) is 23.6 Å². The molecule has 14 heteroatoms. The number of nitrogens with zero attached hydrogens (tertiary/aromatic N) is 1. The number of para-hydroxylation sites is 2. The maximum Gasteiger partial charge on any atom is 0.246 e. The van der Waals surface area contributed by atoms with Crippen molar-refractivity contribution in [3.63, 3.8) is 0 Å². The van der Waals surface area contributed by atoms with Crippen LogP contribution in [0.15, 0.2) is 60.9 Å². The lowest BCUT2D eigenvalue weighted by Gasteiger charge is -2.35. The molecule has 4 heterocycles. The largest absolute Gasteiger partial charge is 0.361 e. The maximum atomic E-state index is 14.6. The number of benzene rings is 2. The molecule has 0 aliphatic carbocycles. The lowest BCUT2D eigenvalue weighted by atomic mass is 9.83. The van der Waals surface area contributed by atoms with Crippen LogP contribution in [0.3, 0.4) is 0 Å². The van der Waals surface area contributed by atoms with Gasteiger partial charge in [-0.25, -0.2) is 0 Å². The molecule has 318 valence electrons. The highest BCUT2D eigenvalue weighted by Gasteiger charge is 2.37. The minimum Gasteiger partial charge on any atom is -0.361 e. The van der Waals surface area contributed by atoms with Crippen molar-refractivity contribution >= 4 is 51.7 Å². The molecule has 2 fully saturated rings. The summed E-state index contributed by atoms with van der Waals surface area (Å²) < 4.78 is 0. The van der Waals surface area contributed by atoms with Gasteiger partial charge < -0.3 is 52.4 Å². The molecule has 4 amide bonds. The third-order valence-corrected chi connectivity index (χ3v) is 12.7. The molecule has 0 bridgehead atoms. The Balaban J connectivity index is 1.24. The molecule has 0 spiro atoms. The maximum absolute atomic E-state index is 14.6. The van der Waals surface area contributed by atoms with E-state index in [1.165, 1.54) is 0 Å². The molecule has 4 aromatic rings. The molecule has 2 aliphatic heterocycles. The van der Waals surface area contributed by atoms with E-state index in [9.17, 15) is 24.0 Å². The van der Waals surface area contributed by atoms with Crippen LogP contribution in [0.25, 0.3) is 21.8 Å². The van der Waals surface area contributed by atoms with E-state index in [1.807, 2.05) is 74.8 Å². The summed E-state index contributed by atoms with van der Waals surface area (Å²) >= 11 is 0. The van der Waals surface area contributed by atoms with Crippen molar-refractivity contribution in [3.05, 3.63) is 72.1 Å². The van der Waals surface area contributed by atoms with Crippen molar-refractivity contribution in [2.24, 2.45) is 29.2 Å². The highest BCUT2D eigenvalue weighted by Crippen LogP contribution is 2.26. The predicted molar refractivity (Wildman–Crippen MR) is 230 cm³/mol. The number of H-pyrrole nitrogens is 2. The van der Waals surface area contributed by atoms with Crippen molar-refractivity contribution in [2.75, 3.05) is 19.6 Å². The number of nitrogens with one attached hydrogen (secondary N) is 6. The molecule has 59 heavy (non-hydrogen) atoms. The number of carbonyl (C=O) groups excluding carboxylic acids is 5. The lowest BCUT2D eigenvalue weighted by Crippen LogP contribution is -2.60. The zero-order chi connectivity index (χ0) is 42.1. The van der Waals surface area contributed by atoms with Gasteiger partial charge in [-0.05, 0) is 99.0 Å². The van der Waals surface area contributed by atoms with Crippen LogP contribution in [-0.2, 0) is 36.8 Å². The molecule has 2 aromatic heterocycles. The van der Waals surface area contributed by atoms with Crippen LogP contribution in [0.2, 0.25) is 0 Å². The zero-order valence-electron chi connectivity index (χ0n) is 34.7. The summed E-state index contributed by atoms with van der Waals surface area (Å²) in [5.74, 6) is -1.58. The highest BCUT2D eigenvalue weighted by atomic mass is 16.2. The van der Waals surface area contributed by atoms with Gasteiger partial charge in [-0.3, -0.25) is 19.2 Å². The van der Waals surface area contributed by atoms with E-state index < -0.39 is 47.9 Å². The number of fused-ring (bicyclic) bond motifs is 2. The number of amides is 4. The first kappa shape index (κ1) is 43.5. The lowest BCUT2D eigenvalue weighted by molar-refractivity contribution is -0.139. The number of carbonyl (C=O) groups is 5. The van der Waals surface area contributed by atoms with Crippen LogP contribution >= 0.6 is 0 Å². The van der Waals surface area contributed by atoms with Gasteiger partial charge in [0.15, 0.2) is 0 Å². The van der Waals surface area contributed by atoms with Gasteiger partial charge in [0.05, 0.1) is 12.1 Å². The normalized spacial score (nSPS) is 21.3. The Labute approximate surface area is 346 Å². The predicted octanol–water partition coefficient (Wildman–Crippen LogP) is 3.20. The van der Waals surface area contributed by atoms with E-state index >= 15 is 0 Å². The number of aromatic nitrogens is 2. The number of likely N-dealkylation sites (tertiary alicyclic amines) is 1. The van der Waals surface area contributed by atoms with E-state index in [1.54, 1.807) is 4.90 Å². The van der Waals surface area contributed by atoms with Gasteiger partial charge in [0, 0.05) is 53.2 Å². The summed E-state index contributed by atoms with van der Waals surface area (Å²) in [5, 5.41) is 14.4. The van der Waals surface area contributed by atoms with E-state index in [0.717, 1.165) is 58.6 Å². The van der Waals surface area contributed by atoms with Crippen molar-refractivity contribution < 1.29 is 24.0 Å². The molecule has 0 saturated carbocycles. The summed E-state index contributed by atoms with van der Waals surface area (Å²) in [4.78, 5) is 77.0. The second kappa shape index (κ2) is 20.3. The third-order valence-electron chi connectivity index (χ3n) is 12.7. The summed E-state index contributed by atoms with van der Waals surface area (Å²) in [5.41, 5.74) is 16.4. The second-order valence-corrected chi connectivity index (χ2v) is 16.9. The Morgan fingerprint density at radius 3 is 2.14 bits per heavy atom. The SMILES string of the molecule is CC[C@H](C)[C@H](NC(=O)[C@H](N)Cc1c[nH]c2ccccc12)C(=O)N[C@@H](CCC(CN)C1CC(C)CCN1)C(=O)N[C@H](Cc1c[nH]c2ccccc12)C(=O)N1CCC[C@H]1C=O. The Kier molecular flexibility index (Phi) is 15.0. The summed E-state index contributed by atoms with van der Waals surface area (Å²) in [6.45, 7) is 7.73. The fraction of sp³-hybridized carbons (Fsp3) is 0.533. The number of rotatable bonds is 19. The van der Waals surface area contributed by atoms with Crippen molar-refractivity contribution in [1.82, 2.24) is 36.1 Å². The summed E-state index contributed by atoms with van der Waals surface area (Å²) in [6, 6.07) is 11.1. The van der Waals surface area contributed by atoms with Crippen LogP contribution in [0.4, 0.5) is 0 Å². The second-order valence-electron chi connectivity index (χ2n) is 16.9. The molecule has 0 radical (unpaired) electrons. The minimum atomic E-state index is -1.06. The molecule has 14 nitrogen and oxygen atoms in total. The third kappa shape index (κ3) is 10.6. The number of nitrogens with two attached hydrogens (primary N) is 2. The molecule has 2 aromatic carbocycles. The molecule has 2 saturated heterocycles. The van der Waals surface area contributed by atoms with Gasteiger partial charge in [0.1, 0.15) is 24.4 Å². The van der Waals surface area contributed by atoms with E-state index in [2.05, 4.69) is 38.2 Å². The summed E-state index contributed by atoms with van der Waals surface area (Å²) in [7, 11) is 0. The molecular formula is C45H63N9O5. The van der Waals surface area contributed by atoms with Crippen LogP contribution in [0.5, 0.6) is 0 Å². The highest BCUT2D eigenvalue weighted by molar-refractivity contribution is 5.96. The number of piperidine rings is 1. The number of aromatic amines is 2. The van der Waals surface area contributed by atoms with E-state index in [4.69, 9.17) is 11.5 Å². The molecule has 6 rings (SSSR count). The minimum absolute atomic E-state index is 0.0409. The van der Waals surface area contributed by atoms with Crippen LogP contribution in [0.1, 0.15) is 76.8 Å². The fourth-order valence-electron chi connectivity index (χ4n) is 8.90. The van der Waals surface area contributed by atoms with Crippen molar-refractivity contribution in [3.8, 4) is 0 Å². The molecule has 2 aliphatic rings. The smallest absolute Gasteiger partial charge is 0.246 e.